The van der Waals surface area contributed by atoms with E-state index in [9.17, 15) is 0 Å². The molecule has 11 aromatic carbocycles. The first-order valence-electron chi connectivity index (χ1n) is 24.4. The highest BCUT2D eigenvalue weighted by Gasteiger charge is 2.52. The van der Waals surface area contributed by atoms with E-state index < -0.39 is 10.8 Å². The van der Waals surface area contributed by atoms with Crippen LogP contribution in [-0.2, 0) is 10.8 Å². The van der Waals surface area contributed by atoms with Crippen LogP contribution < -0.4 is 4.90 Å². The van der Waals surface area contributed by atoms with Crippen LogP contribution in [-0.4, -0.2) is 4.57 Å². The number of benzene rings is 11. The highest BCUT2D eigenvalue weighted by atomic mass is 15.1. The summed E-state index contributed by atoms with van der Waals surface area (Å²) in [6.07, 6.45) is 0. The van der Waals surface area contributed by atoms with Gasteiger partial charge in [0.05, 0.1) is 33.2 Å². The summed E-state index contributed by atoms with van der Waals surface area (Å²) < 4.78 is 2.52. The lowest BCUT2D eigenvalue weighted by molar-refractivity contribution is 0.748. The van der Waals surface area contributed by atoms with E-state index in [0.29, 0.717) is 0 Å². The molecule has 2 heteroatoms. The van der Waals surface area contributed by atoms with Crippen molar-refractivity contribution in [3.05, 3.63) is 311 Å². The summed E-state index contributed by atoms with van der Waals surface area (Å²) in [6.45, 7) is 0. The van der Waals surface area contributed by atoms with Crippen molar-refractivity contribution in [1.82, 2.24) is 4.57 Å². The van der Waals surface area contributed by atoms with Crippen molar-refractivity contribution in [2.75, 3.05) is 4.90 Å². The number of para-hydroxylation sites is 4. The lowest BCUT2D eigenvalue weighted by atomic mass is 9.65. The Morgan fingerprint density at radius 2 is 0.786 bits per heavy atom. The maximum Gasteiger partial charge on any atom is 0.0754 e. The Kier molecular flexibility index (Phi) is 8.24. The predicted octanol–water partition coefficient (Wildman–Crippen LogP) is 17.0. The van der Waals surface area contributed by atoms with Gasteiger partial charge in [-0.1, -0.05) is 224 Å². The van der Waals surface area contributed by atoms with Gasteiger partial charge in [0.1, 0.15) is 0 Å². The van der Waals surface area contributed by atoms with Gasteiger partial charge >= 0.3 is 0 Å². The molecule has 0 amide bonds. The number of rotatable bonds is 6. The fourth-order valence-electron chi connectivity index (χ4n) is 13.3. The summed E-state index contributed by atoms with van der Waals surface area (Å²) in [7, 11) is 0. The monoisotopic (exact) mass is 888 g/mol. The molecular weight excluding hydrogens is 845 g/mol. The Labute approximate surface area is 407 Å². The van der Waals surface area contributed by atoms with Crippen LogP contribution in [0, 0.1) is 0 Å². The summed E-state index contributed by atoms with van der Waals surface area (Å²) in [4.78, 5) is 2.46. The first-order valence-corrected chi connectivity index (χ1v) is 24.4. The van der Waals surface area contributed by atoms with E-state index in [1.54, 1.807) is 0 Å². The first-order chi connectivity index (χ1) is 34.8. The van der Waals surface area contributed by atoms with Crippen LogP contribution in [0.1, 0.15) is 44.5 Å². The highest BCUT2D eigenvalue weighted by molar-refractivity contribution is 6.13. The summed E-state index contributed by atoms with van der Waals surface area (Å²) in [5, 5.41) is 2.58. The summed E-state index contributed by atoms with van der Waals surface area (Å²) in [5.74, 6) is 0. The molecule has 2 nitrogen and oxygen atoms in total. The number of fused-ring (bicyclic) bond motifs is 15. The maximum atomic E-state index is 2.52. The molecule has 326 valence electrons. The molecule has 70 heavy (non-hydrogen) atoms. The quantitative estimate of drug-likeness (QED) is 0.161. The van der Waals surface area contributed by atoms with Crippen molar-refractivity contribution in [3.8, 4) is 39.1 Å². The third-order valence-electron chi connectivity index (χ3n) is 15.9. The highest BCUT2D eigenvalue weighted by Crippen LogP contribution is 2.63. The van der Waals surface area contributed by atoms with E-state index >= 15 is 0 Å². The minimum absolute atomic E-state index is 0.501. The van der Waals surface area contributed by atoms with Gasteiger partial charge in [-0.2, -0.15) is 0 Å². The normalized spacial score (nSPS) is 15.3. The number of hydrogen-bond donors (Lipinski definition) is 0. The molecule has 1 aromatic heterocycles. The molecule has 15 rings (SSSR count). The molecule has 2 aliphatic carbocycles. The molecule has 1 atom stereocenters. The third kappa shape index (κ3) is 5.02. The van der Waals surface area contributed by atoms with Crippen molar-refractivity contribution >= 4 is 38.9 Å². The fraction of sp³-hybridized carbons (Fsp3) is 0.0294. The Hall–Kier alpha value is -8.98. The Morgan fingerprint density at radius 3 is 1.51 bits per heavy atom. The molecule has 0 bridgehead atoms. The van der Waals surface area contributed by atoms with Gasteiger partial charge in [0.25, 0.3) is 0 Å². The largest absolute Gasteiger partial charge is 0.310 e. The van der Waals surface area contributed by atoms with E-state index in [2.05, 4.69) is 276 Å². The number of anilines is 3. The second-order valence-corrected chi connectivity index (χ2v) is 19.0. The Balaban J connectivity index is 0.931. The van der Waals surface area contributed by atoms with Crippen LogP contribution in [0.25, 0.3) is 60.9 Å². The van der Waals surface area contributed by atoms with Crippen LogP contribution in [0.2, 0.25) is 0 Å². The second kappa shape index (κ2) is 14.8. The van der Waals surface area contributed by atoms with Crippen molar-refractivity contribution in [1.29, 1.82) is 0 Å². The lowest BCUT2D eigenvalue weighted by Gasteiger charge is -2.39. The minimum atomic E-state index is -0.509. The topological polar surface area (TPSA) is 8.17 Å². The van der Waals surface area contributed by atoms with Gasteiger partial charge in [-0.25, -0.2) is 0 Å². The molecule has 0 saturated carbocycles. The molecule has 0 fully saturated rings. The van der Waals surface area contributed by atoms with Gasteiger partial charge in [0, 0.05) is 27.7 Å². The molecular formula is C68H44N2. The standard InChI is InChI=1S/C68H44N2/c1-4-21-46(22-5-1)67(47-23-6-2-7-24-47)55-32-13-11-29-54(55)65-59(67)36-20-40-63(65)69(48-25-8-3-9-26-48)49-43-41-45(42-44-49)50-30-18-35-58-64(50)53-28-10-14-33-56(53)68(58)57-34-15-17-39-62(57)70-61-38-16-12-27-51(61)52-31-19-37-60(68)66(52)70/h1-44H. The zero-order valence-electron chi connectivity index (χ0n) is 38.3. The van der Waals surface area contributed by atoms with E-state index in [1.807, 2.05) is 0 Å². The Morgan fingerprint density at radius 1 is 0.300 bits per heavy atom. The average molecular weight is 889 g/mol. The van der Waals surface area contributed by atoms with Crippen molar-refractivity contribution in [2.45, 2.75) is 10.8 Å². The van der Waals surface area contributed by atoms with E-state index in [-0.39, 0.29) is 0 Å². The van der Waals surface area contributed by atoms with Crippen LogP contribution in [0.5, 0.6) is 0 Å². The summed E-state index contributed by atoms with van der Waals surface area (Å²) >= 11 is 0. The fourth-order valence-corrected chi connectivity index (χ4v) is 13.3. The van der Waals surface area contributed by atoms with Gasteiger partial charge < -0.3 is 9.47 Å². The SMILES string of the molecule is c1ccc(N(c2ccc(-c3cccc4c3-c3ccccc3C43c4ccccc4-n4c5ccccc5c5cccc3c54)cc2)c2cccc3c2-c2ccccc2C3(c2ccccc2)c2ccccc2)cc1. The zero-order valence-corrected chi connectivity index (χ0v) is 38.3. The van der Waals surface area contributed by atoms with Gasteiger partial charge in [-0.3, -0.25) is 0 Å². The smallest absolute Gasteiger partial charge is 0.0754 e. The van der Waals surface area contributed by atoms with Crippen LogP contribution in [0.3, 0.4) is 0 Å². The minimum Gasteiger partial charge on any atom is -0.310 e. The molecule has 0 N–H and O–H groups in total. The lowest BCUT2D eigenvalue weighted by Crippen LogP contribution is -2.33. The van der Waals surface area contributed by atoms with Crippen LogP contribution >= 0.6 is 0 Å². The van der Waals surface area contributed by atoms with Crippen molar-refractivity contribution < 1.29 is 0 Å². The second-order valence-electron chi connectivity index (χ2n) is 19.0. The molecule has 2 heterocycles. The molecule has 1 unspecified atom stereocenters. The van der Waals surface area contributed by atoms with Crippen molar-refractivity contribution in [2.24, 2.45) is 0 Å². The van der Waals surface area contributed by atoms with Gasteiger partial charge in [-0.05, 0) is 115 Å². The number of aromatic nitrogens is 1. The molecule has 0 radical (unpaired) electrons. The predicted molar refractivity (Wildman–Crippen MR) is 289 cm³/mol. The average Bonchev–Trinajstić information content (AvgIpc) is 4.05. The third-order valence-corrected chi connectivity index (χ3v) is 15.9. The van der Waals surface area contributed by atoms with Gasteiger partial charge in [0.15, 0.2) is 0 Å². The number of nitrogens with zero attached hydrogens (tertiary/aromatic N) is 2. The van der Waals surface area contributed by atoms with Crippen LogP contribution in [0.4, 0.5) is 17.1 Å². The molecule has 12 aromatic rings. The molecule has 1 aliphatic heterocycles. The van der Waals surface area contributed by atoms with Crippen molar-refractivity contribution in [3.63, 3.8) is 0 Å². The van der Waals surface area contributed by atoms with E-state index in [0.717, 1.165) is 17.1 Å². The molecule has 0 saturated heterocycles. The van der Waals surface area contributed by atoms with Crippen LogP contribution in [0.15, 0.2) is 267 Å². The maximum absolute atomic E-state index is 2.52. The number of hydrogen-bond acceptors (Lipinski definition) is 1. The zero-order chi connectivity index (χ0) is 46.0. The van der Waals surface area contributed by atoms with Gasteiger partial charge in [0.2, 0.25) is 0 Å². The van der Waals surface area contributed by atoms with E-state index in [4.69, 9.17) is 0 Å². The summed E-state index contributed by atoms with van der Waals surface area (Å²) in [5.41, 5.74) is 24.1. The van der Waals surface area contributed by atoms with E-state index in [1.165, 1.54) is 105 Å². The first kappa shape index (κ1) is 39.1. The van der Waals surface area contributed by atoms with Gasteiger partial charge in [-0.15, -0.1) is 0 Å². The Bertz CT molecular complexity index is 4010. The molecule has 1 spiro atoms. The summed E-state index contributed by atoms with van der Waals surface area (Å²) in [6, 6.07) is 99.5. The molecule has 3 aliphatic rings.